The number of carbonyl (C=O) groups excluding carboxylic acids is 1. The highest BCUT2D eigenvalue weighted by atomic mass is 16.5. The van der Waals surface area contributed by atoms with Crippen LogP contribution in [0.4, 0.5) is 0 Å². The van der Waals surface area contributed by atoms with Crippen LogP contribution in [0.25, 0.3) is 5.76 Å². The zero-order chi connectivity index (χ0) is 15.1. The number of allylic oxidation sites excluding steroid dienone is 1. The van der Waals surface area contributed by atoms with E-state index in [9.17, 15) is 35.4 Å². The molecule has 7 heteroatoms. The van der Waals surface area contributed by atoms with E-state index in [1.165, 1.54) is 18.2 Å². The molecule has 0 bridgehead atoms. The molecule has 0 radical (unpaired) electrons. The first kappa shape index (κ1) is 14.1. The molecule has 1 aliphatic rings. The third-order valence-corrected chi connectivity index (χ3v) is 2.94. The summed E-state index contributed by atoms with van der Waals surface area (Å²) in [5.74, 6) is -5.69. The van der Waals surface area contributed by atoms with Crippen LogP contribution in [-0.2, 0) is 4.79 Å². The van der Waals surface area contributed by atoms with Gasteiger partial charge in [0.1, 0.15) is 5.76 Å². The molecule has 0 saturated heterocycles. The summed E-state index contributed by atoms with van der Waals surface area (Å²) in [6, 6.07) is 3.75. The number of phenols is 2. The van der Waals surface area contributed by atoms with Gasteiger partial charge >= 0.3 is 0 Å². The van der Waals surface area contributed by atoms with Crippen LogP contribution in [0.15, 0.2) is 35.9 Å². The van der Waals surface area contributed by atoms with E-state index >= 15 is 0 Å². The van der Waals surface area contributed by atoms with E-state index in [0.717, 1.165) is 12.2 Å². The van der Waals surface area contributed by atoms with E-state index in [2.05, 4.69) is 0 Å². The van der Waals surface area contributed by atoms with Crippen LogP contribution in [0.1, 0.15) is 5.56 Å². The van der Waals surface area contributed by atoms with Crippen molar-refractivity contribution in [1.29, 1.82) is 0 Å². The zero-order valence-electron chi connectivity index (χ0n) is 10.1. The third kappa shape index (κ3) is 2.14. The Morgan fingerprint density at radius 2 is 1.85 bits per heavy atom. The minimum atomic E-state index is -2.72. The Bertz CT molecular complexity index is 628. The van der Waals surface area contributed by atoms with Crippen molar-refractivity contribution < 1.29 is 35.4 Å². The number of hydrogen-bond acceptors (Lipinski definition) is 7. The Morgan fingerprint density at radius 1 is 1.20 bits per heavy atom. The molecule has 106 valence electrons. The summed E-state index contributed by atoms with van der Waals surface area (Å²) in [5.41, 5.74) is -0.647. The first-order valence-corrected chi connectivity index (χ1v) is 5.56. The number of phenolic OH excluding ortho intramolecular Hbond substituents is 2. The molecule has 0 heterocycles. The Hall–Kier alpha value is -2.35. The second-order valence-corrected chi connectivity index (χ2v) is 4.32. The molecular weight excluding hydrogens is 268 g/mol. The molecule has 0 fully saturated rings. The van der Waals surface area contributed by atoms with Gasteiger partial charge in [-0.2, -0.15) is 0 Å². The van der Waals surface area contributed by atoms with E-state index in [1.54, 1.807) is 0 Å². The summed E-state index contributed by atoms with van der Waals surface area (Å²) >= 11 is 0. The molecule has 0 amide bonds. The normalized spacial score (nSPS) is 23.8. The lowest BCUT2D eigenvalue weighted by atomic mass is 9.90. The summed E-state index contributed by atoms with van der Waals surface area (Å²) in [6.45, 7) is 0. The van der Waals surface area contributed by atoms with Gasteiger partial charge in [-0.05, 0) is 24.3 Å². The molecule has 0 saturated carbocycles. The minimum absolute atomic E-state index is 0.228. The molecule has 0 spiro atoms. The topological polar surface area (TPSA) is 138 Å². The summed E-state index contributed by atoms with van der Waals surface area (Å²) in [5, 5.41) is 56.9. The summed E-state index contributed by atoms with van der Waals surface area (Å²) in [6.07, 6.45) is -0.526. The fourth-order valence-electron chi connectivity index (χ4n) is 1.78. The second-order valence-electron chi connectivity index (χ2n) is 4.32. The standard InChI is InChI=1S/C13H12O7/c14-8-3-1-2-6(10(8)16)9(15)7-4-5-13(19,20)12(18)11(7)17/h1-5,12,14-16,18-20H. The van der Waals surface area contributed by atoms with Gasteiger partial charge in [0.25, 0.3) is 0 Å². The maximum Gasteiger partial charge on any atom is 0.217 e. The fourth-order valence-corrected chi connectivity index (χ4v) is 1.78. The van der Waals surface area contributed by atoms with Gasteiger partial charge in [0, 0.05) is 0 Å². The smallest absolute Gasteiger partial charge is 0.217 e. The van der Waals surface area contributed by atoms with Gasteiger partial charge in [-0.25, -0.2) is 0 Å². The van der Waals surface area contributed by atoms with Crippen LogP contribution >= 0.6 is 0 Å². The first-order valence-electron chi connectivity index (χ1n) is 5.56. The maximum absolute atomic E-state index is 11.8. The van der Waals surface area contributed by atoms with Gasteiger partial charge in [-0.15, -0.1) is 0 Å². The Kier molecular flexibility index (Phi) is 3.26. The summed E-state index contributed by atoms with van der Waals surface area (Å²) < 4.78 is 0. The number of Topliss-reactive ketones (excluding diaryl/α,β-unsaturated/α-hetero) is 1. The highest BCUT2D eigenvalue weighted by Crippen LogP contribution is 2.35. The predicted molar refractivity (Wildman–Crippen MR) is 66.6 cm³/mol. The van der Waals surface area contributed by atoms with Crippen LogP contribution in [-0.4, -0.2) is 48.3 Å². The molecule has 0 aromatic heterocycles. The molecule has 2 rings (SSSR count). The Labute approximate surface area is 113 Å². The molecule has 6 N–H and O–H groups in total. The molecule has 0 aliphatic heterocycles. The molecule has 1 aromatic carbocycles. The number of aliphatic hydroxyl groups is 4. The van der Waals surface area contributed by atoms with Crippen molar-refractivity contribution in [2.75, 3.05) is 0 Å². The molecule has 7 nitrogen and oxygen atoms in total. The van der Waals surface area contributed by atoms with Crippen LogP contribution < -0.4 is 0 Å². The number of benzene rings is 1. The number of aliphatic hydroxyl groups excluding tert-OH is 2. The average Bonchev–Trinajstić information content (AvgIpc) is 2.39. The molecule has 1 aliphatic carbocycles. The van der Waals surface area contributed by atoms with E-state index in [0.29, 0.717) is 0 Å². The molecular formula is C13H12O7. The Balaban J connectivity index is 2.59. The van der Waals surface area contributed by atoms with Crippen molar-refractivity contribution in [2.24, 2.45) is 0 Å². The molecule has 1 aromatic rings. The largest absolute Gasteiger partial charge is 0.506 e. The van der Waals surface area contributed by atoms with E-state index in [1.807, 2.05) is 0 Å². The molecule has 1 atom stereocenters. The minimum Gasteiger partial charge on any atom is -0.506 e. The second kappa shape index (κ2) is 4.64. The number of hydrogen-bond donors (Lipinski definition) is 6. The van der Waals surface area contributed by atoms with Crippen molar-refractivity contribution in [1.82, 2.24) is 0 Å². The highest BCUT2D eigenvalue weighted by Gasteiger charge is 2.41. The molecule has 1 unspecified atom stereocenters. The third-order valence-electron chi connectivity index (χ3n) is 2.94. The number of rotatable bonds is 1. The number of para-hydroxylation sites is 1. The van der Waals surface area contributed by atoms with Crippen molar-refractivity contribution in [3.8, 4) is 11.5 Å². The van der Waals surface area contributed by atoms with Crippen LogP contribution in [0.5, 0.6) is 11.5 Å². The van der Waals surface area contributed by atoms with E-state index in [-0.39, 0.29) is 5.56 Å². The number of carbonyl (C=O) groups is 1. The van der Waals surface area contributed by atoms with Gasteiger partial charge in [0.2, 0.25) is 11.6 Å². The fraction of sp³-hybridized carbons (Fsp3) is 0.154. The zero-order valence-corrected chi connectivity index (χ0v) is 10.1. The predicted octanol–water partition coefficient (Wildman–Crippen LogP) is -0.452. The van der Waals surface area contributed by atoms with Crippen molar-refractivity contribution in [3.05, 3.63) is 41.5 Å². The number of ketones is 1. The quantitative estimate of drug-likeness (QED) is 0.177. The van der Waals surface area contributed by atoms with Crippen molar-refractivity contribution >= 4 is 11.5 Å². The lowest BCUT2D eigenvalue weighted by Gasteiger charge is -2.27. The van der Waals surface area contributed by atoms with Crippen molar-refractivity contribution in [2.45, 2.75) is 11.9 Å². The first-order chi connectivity index (χ1) is 9.25. The SMILES string of the molecule is O=C1C(=C(O)c2cccc(O)c2O)C=CC(O)(O)C1O. The van der Waals surface area contributed by atoms with Crippen molar-refractivity contribution in [3.63, 3.8) is 0 Å². The van der Waals surface area contributed by atoms with Gasteiger partial charge in [0.05, 0.1) is 11.1 Å². The van der Waals surface area contributed by atoms with E-state index in [4.69, 9.17) is 0 Å². The lowest BCUT2D eigenvalue weighted by Crippen LogP contribution is -2.48. The molecule has 20 heavy (non-hydrogen) atoms. The van der Waals surface area contributed by atoms with Gasteiger partial charge in [-0.1, -0.05) is 6.07 Å². The summed E-state index contributed by atoms with van der Waals surface area (Å²) in [4.78, 5) is 11.8. The average molecular weight is 280 g/mol. The van der Waals surface area contributed by atoms with Crippen LogP contribution in [0.3, 0.4) is 0 Å². The van der Waals surface area contributed by atoms with Gasteiger partial charge < -0.3 is 30.6 Å². The lowest BCUT2D eigenvalue weighted by molar-refractivity contribution is -0.191. The monoisotopic (exact) mass is 280 g/mol. The van der Waals surface area contributed by atoms with Gasteiger partial charge in [-0.3, -0.25) is 4.79 Å². The summed E-state index contributed by atoms with van der Waals surface area (Å²) in [7, 11) is 0. The number of aromatic hydroxyl groups is 2. The van der Waals surface area contributed by atoms with Crippen LogP contribution in [0, 0.1) is 0 Å². The Morgan fingerprint density at radius 3 is 2.50 bits per heavy atom. The highest BCUT2D eigenvalue weighted by molar-refractivity contribution is 6.08. The van der Waals surface area contributed by atoms with E-state index < -0.39 is 40.5 Å². The maximum atomic E-state index is 11.8. The van der Waals surface area contributed by atoms with Crippen LogP contribution in [0.2, 0.25) is 0 Å². The van der Waals surface area contributed by atoms with Gasteiger partial charge in [0.15, 0.2) is 17.6 Å².